The number of carbonyl (C=O) groups is 3. The van der Waals surface area contributed by atoms with Gasteiger partial charge < -0.3 is 20.8 Å². The molecule has 0 aliphatic heterocycles. The van der Waals surface area contributed by atoms with E-state index in [2.05, 4.69) is 10.6 Å². The second kappa shape index (κ2) is 7.88. The molecule has 0 bridgehead atoms. The predicted molar refractivity (Wildman–Crippen MR) is 76.4 cm³/mol. The quantitative estimate of drug-likeness (QED) is 0.572. The number of rotatable bonds is 8. The van der Waals surface area contributed by atoms with Gasteiger partial charge in [-0.25, -0.2) is 4.79 Å². The lowest BCUT2D eigenvalue weighted by Gasteiger charge is -2.13. The second-order valence-corrected chi connectivity index (χ2v) is 4.40. The minimum absolute atomic E-state index is 0.161. The molecule has 0 spiro atoms. The molecular formula is C14H18N2O5. The fourth-order valence-corrected chi connectivity index (χ4v) is 1.71. The van der Waals surface area contributed by atoms with Crippen LogP contribution in [-0.4, -0.2) is 40.6 Å². The summed E-state index contributed by atoms with van der Waals surface area (Å²) in [5, 5.41) is 22.9. The summed E-state index contributed by atoms with van der Waals surface area (Å²) in [6, 6.07) is 5.35. The van der Waals surface area contributed by atoms with Gasteiger partial charge in [-0.15, -0.1) is 0 Å². The van der Waals surface area contributed by atoms with Gasteiger partial charge >= 0.3 is 11.9 Å². The number of carbonyl (C=O) groups excluding carboxylic acids is 1. The van der Waals surface area contributed by atoms with E-state index >= 15 is 0 Å². The number of aliphatic carboxylic acids is 2. The van der Waals surface area contributed by atoms with Crippen LogP contribution in [0.2, 0.25) is 0 Å². The minimum Gasteiger partial charge on any atom is -0.481 e. The molecule has 114 valence electrons. The van der Waals surface area contributed by atoms with Crippen LogP contribution in [0, 0.1) is 0 Å². The number of anilines is 1. The predicted octanol–water partition coefficient (Wildman–Crippen LogP) is 1.17. The van der Waals surface area contributed by atoms with Crippen LogP contribution < -0.4 is 10.6 Å². The Morgan fingerprint density at radius 1 is 1.14 bits per heavy atom. The van der Waals surface area contributed by atoms with E-state index in [-0.39, 0.29) is 12.8 Å². The molecule has 0 saturated carbocycles. The first-order valence-corrected chi connectivity index (χ1v) is 6.53. The van der Waals surface area contributed by atoms with Gasteiger partial charge in [0.2, 0.25) is 0 Å². The lowest BCUT2D eigenvalue weighted by atomic mass is 10.1. The zero-order valence-electron chi connectivity index (χ0n) is 11.6. The fraction of sp³-hybridized carbons (Fsp3) is 0.357. The number of amides is 1. The first-order valence-electron chi connectivity index (χ1n) is 6.53. The fourth-order valence-electron chi connectivity index (χ4n) is 1.71. The van der Waals surface area contributed by atoms with Gasteiger partial charge in [0.1, 0.15) is 6.04 Å². The maximum absolute atomic E-state index is 11.9. The van der Waals surface area contributed by atoms with E-state index in [1.54, 1.807) is 24.3 Å². The lowest BCUT2D eigenvalue weighted by molar-refractivity contribution is -0.140. The number of benzene rings is 1. The highest BCUT2D eigenvalue weighted by Crippen LogP contribution is 2.10. The van der Waals surface area contributed by atoms with Gasteiger partial charge in [-0.05, 0) is 37.6 Å². The summed E-state index contributed by atoms with van der Waals surface area (Å²) in [6.07, 6.45) is -0.484. The number of hydrogen-bond donors (Lipinski definition) is 4. The van der Waals surface area contributed by atoms with Crippen LogP contribution in [-0.2, 0) is 9.59 Å². The third kappa shape index (κ3) is 5.52. The van der Waals surface area contributed by atoms with Crippen molar-refractivity contribution in [1.82, 2.24) is 5.32 Å². The molecule has 7 heteroatoms. The van der Waals surface area contributed by atoms with Crippen molar-refractivity contribution >= 4 is 23.5 Å². The molecule has 0 heterocycles. The summed E-state index contributed by atoms with van der Waals surface area (Å²) < 4.78 is 0. The Kier molecular flexibility index (Phi) is 6.19. The Morgan fingerprint density at radius 3 is 2.24 bits per heavy atom. The minimum atomic E-state index is -1.26. The smallest absolute Gasteiger partial charge is 0.326 e. The second-order valence-electron chi connectivity index (χ2n) is 4.40. The molecule has 21 heavy (non-hydrogen) atoms. The molecule has 0 aliphatic rings. The van der Waals surface area contributed by atoms with Gasteiger partial charge in [0.25, 0.3) is 5.91 Å². The normalized spacial score (nSPS) is 11.5. The van der Waals surface area contributed by atoms with Gasteiger partial charge in [0, 0.05) is 24.2 Å². The Balaban J connectivity index is 2.67. The Hall–Kier alpha value is -2.57. The van der Waals surface area contributed by atoms with Crippen molar-refractivity contribution in [2.75, 3.05) is 11.9 Å². The summed E-state index contributed by atoms with van der Waals surface area (Å²) >= 11 is 0. The molecule has 0 radical (unpaired) electrons. The van der Waals surface area contributed by atoms with Crippen molar-refractivity contribution in [1.29, 1.82) is 0 Å². The number of hydrogen-bond acceptors (Lipinski definition) is 4. The zero-order valence-corrected chi connectivity index (χ0v) is 11.6. The first-order chi connectivity index (χ1) is 9.93. The van der Waals surface area contributed by atoms with E-state index in [1.165, 1.54) is 0 Å². The van der Waals surface area contributed by atoms with Crippen molar-refractivity contribution in [2.45, 2.75) is 25.8 Å². The van der Waals surface area contributed by atoms with Crippen LogP contribution >= 0.6 is 0 Å². The van der Waals surface area contributed by atoms with Crippen LogP contribution in [0.4, 0.5) is 5.69 Å². The SMILES string of the molecule is CCNc1ccc(C(=O)N[C@H](CCC(=O)O)C(=O)O)cc1. The standard InChI is InChI=1S/C14H18N2O5/c1-2-15-10-5-3-9(4-6-10)13(19)16-11(14(20)21)7-8-12(17)18/h3-6,11,15H,2,7-8H2,1H3,(H,16,19)(H,17,18)(H,20,21)/t11-/m1/s1. The average molecular weight is 294 g/mol. The molecule has 0 saturated heterocycles. The largest absolute Gasteiger partial charge is 0.481 e. The Labute approximate surface area is 122 Å². The molecule has 1 rings (SSSR count). The van der Waals surface area contributed by atoms with Gasteiger partial charge in [0.15, 0.2) is 0 Å². The number of carboxylic acids is 2. The Morgan fingerprint density at radius 2 is 1.76 bits per heavy atom. The zero-order chi connectivity index (χ0) is 15.8. The third-order valence-corrected chi connectivity index (χ3v) is 2.78. The van der Waals surface area contributed by atoms with Crippen molar-refractivity contribution < 1.29 is 24.6 Å². The maximum atomic E-state index is 11.9. The molecule has 0 fully saturated rings. The molecule has 7 nitrogen and oxygen atoms in total. The molecule has 1 aromatic rings. The van der Waals surface area contributed by atoms with Gasteiger partial charge in [-0.2, -0.15) is 0 Å². The van der Waals surface area contributed by atoms with Gasteiger partial charge in [-0.3, -0.25) is 9.59 Å². The molecule has 0 aliphatic carbocycles. The summed E-state index contributed by atoms with van der Waals surface area (Å²) in [6.45, 7) is 2.70. The van der Waals surface area contributed by atoms with Gasteiger partial charge in [-0.1, -0.05) is 0 Å². The molecule has 0 unspecified atom stereocenters. The molecule has 4 N–H and O–H groups in total. The topological polar surface area (TPSA) is 116 Å². The third-order valence-electron chi connectivity index (χ3n) is 2.78. The number of nitrogens with one attached hydrogen (secondary N) is 2. The van der Waals surface area contributed by atoms with Gasteiger partial charge in [0.05, 0.1) is 0 Å². The molecule has 1 amide bonds. The molecule has 1 atom stereocenters. The summed E-state index contributed by atoms with van der Waals surface area (Å²) in [7, 11) is 0. The van der Waals surface area contributed by atoms with Crippen molar-refractivity contribution in [3.63, 3.8) is 0 Å². The van der Waals surface area contributed by atoms with Crippen LogP contribution in [0.1, 0.15) is 30.1 Å². The van der Waals surface area contributed by atoms with Crippen molar-refractivity contribution in [3.8, 4) is 0 Å². The van der Waals surface area contributed by atoms with E-state index in [9.17, 15) is 14.4 Å². The molecule has 0 aromatic heterocycles. The summed E-state index contributed by atoms with van der Waals surface area (Å²) in [5.41, 5.74) is 1.17. The van der Waals surface area contributed by atoms with E-state index in [0.717, 1.165) is 12.2 Å². The van der Waals surface area contributed by atoms with Crippen LogP contribution in [0.5, 0.6) is 0 Å². The van der Waals surface area contributed by atoms with E-state index in [0.29, 0.717) is 5.56 Å². The average Bonchev–Trinajstić information content (AvgIpc) is 2.43. The first kappa shape index (κ1) is 16.5. The van der Waals surface area contributed by atoms with Crippen molar-refractivity contribution in [3.05, 3.63) is 29.8 Å². The molecule has 1 aromatic carbocycles. The highest BCUT2D eigenvalue weighted by Gasteiger charge is 2.21. The highest BCUT2D eigenvalue weighted by molar-refractivity contribution is 5.96. The lowest BCUT2D eigenvalue weighted by Crippen LogP contribution is -2.41. The highest BCUT2D eigenvalue weighted by atomic mass is 16.4. The Bertz CT molecular complexity index is 513. The summed E-state index contributed by atoms with van der Waals surface area (Å²) in [5.74, 6) is -2.91. The summed E-state index contributed by atoms with van der Waals surface area (Å²) in [4.78, 5) is 33.4. The molecular weight excluding hydrogens is 276 g/mol. The van der Waals surface area contributed by atoms with E-state index in [4.69, 9.17) is 10.2 Å². The van der Waals surface area contributed by atoms with Crippen LogP contribution in [0.25, 0.3) is 0 Å². The van der Waals surface area contributed by atoms with Crippen LogP contribution in [0.15, 0.2) is 24.3 Å². The monoisotopic (exact) mass is 294 g/mol. The van der Waals surface area contributed by atoms with E-state index < -0.39 is 23.9 Å². The van der Waals surface area contributed by atoms with E-state index in [1.807, 2.05) is 6.92 Å². The number of carboxylic acid groups (broad SMARTS) is 2. The van der Waals surface area contributed by atoms with Crippen LogP contribution in [0.3, 0.4) is 0 Å². The van der Waals surface area contributed by atoms with Crippen molar-refractivity contribution in [2.24, 2.45) is 0 Å². The maximum Gasteiger partial charge on any atom is 0.326 e.